The van der Waals surface area contributed by atoms with Gasteiger partial charge in [-0.3, -0.25) is 0 Å². The largest absolute Gasteiger partial charge is 0.335 e. The van der Waals surface area contributed by atoms with Crippen molar-refractivity contribution in [2.45, 2.75) is 39.2 Å². The van der Waals surface area contributed by atoms with E-state index in [1.807, 2.05) is 6.20 Å². The molecule has 0 bridgehead atoms. The van der Waals surface area contributed by atoms with Crippen LogP contribution in [0.2, 0.25) is 0 Å². The van der Waals surface area contributed by atoms with Crippen LogP contribution in [0.1, 0.15) is 32.0 Å². The maximum atomic E-state index is 4.42. The summed E-state index contributed by atoms with van der Waals surface area (Å²) in [5.41, 5.74) is 0. The second-order valence-electron chi connectivity index (χ2n) is 4.44. The van der Waals surface area contributed by atoms with Gasteiger partial charge in [-0.1, -0.05) is 6.92 Å². The van der Waals surface area contributed by atoms with Crippen LogP contribution >= 0.6 is 0 Å². The minimum atomic E-state index is 0.844. The van der Waals surface area contributed by atoms with Gasteiger partial charge >= 0.3 is 0 Å². The molecule has 1 fully saturated rings. The lowest BCUT2D eigenvalue weighted by Gasteiger charge is -2.23. The zero-order chi connectivity index (χ0) is 10.5. The molecule has 1 N–H and O–H groups in total. The Morgan fingerprint density at radius 1 is 1.47 bits per heavy atom. The standard InChI is InChI=1S/C12H21N3/c1-2-3-12-14-8-9-15(12)10-11-4-6-13-7-5-11/h8-9,11,13H,2-7,10H2,1H3. The maximum Gasteiger partial charge on any atom is 0.108 e. The molecule has 0 aliphatic carbocycles. The molecule has 0 saturated carbocycles. The molecule has 2 rings (SSSR count). The lowest BCUT2D eigenvalue weighted by atomic mass is 9.98. The number of nitrogens with one attached hydrogen (secondary N) is 1. The normalized spacial score (nSPS) is 18.2. The lowest BCUT2D eigenvalue weighted by molar-refractivity contribution is 0.329. The van der Waals surface area contributed by atoms with Crippen molar-refractivity contribution in [3.8, 4) is 0 Å². The van der Waals surface area contributed by atoms with E-state index in [-0.39, 0.29) is 0 Å². The Labute approximate surface area is 91.9 Å². The van der Waals surface area contributed by atoms with E-state index in [9.17, 15) is 0 Å². The molecule has 0 atom stereocenters. The average molecular weight is 207 g/mol. The predicted molar refractivity (Wildman–Crippen MR) is 61.8 cm³/mol. The zero-order valence-corrected chi connectivity index (χ0v) is 9.58. The summed E-state index contributed by atoms with van der Waals surface area (Å²) in [7, 11) is 0. The zero-order valence-electron chi connectivity index (χ0n) is 9.58. The van der Waals surface area contributed by atoms with Crippen LogP contribution in [-0.4, -0.2) is 22.6 Å². The number of imidazole rings is 1. The summed E-state index contributed by atoms with van der Waals surface area (Å²) in [5.74, 6) is 2.10. The number of rotatable bonds is 4. The minimum Gasteiger partial charge on any atom is -0.335 e. The molecule has 0 aromatic carbocycles. The van der Waals surface area contributed by atoms with Crippen LogP contribution in [0, 0.1) is 5.92 Å². The highest BCUT2D eigenvalue weighted by molar-refractivity contribution is 4.93. The molecule has 1 aliphatic rings. The fourth-order valence-corrected chi connectivity index (χ4v) is 2.30. The van der Waals surface area contributed by atoms with E-state index >= 15 is 0 Å². The SMILES string of the molecule is CCCc1nccn1CC1CCNCC1. The average Bonchev–Trinajstić information content (AvgIpc) is 2.68. The quantitative estimate of drug-likeness (QED) is 0.816. The second-order valence-corrected chi connectivity index (χ2v) is 4.44. The topological polar surface area (TPSA) is 29.9 Å². The van der Waals surface area contributed by atoms with Crippen LogP contribution in [0.4, 0.5) is 0 Å². The molecule has 0 unspecified atom stereocenters. The van der Waals surface area contributed by atoms with Gasteiger partial charge in [0.2, 0.25) is 0 Å². The third-order valence-corrected chi connectivity index (χ3v) is 3.19. The highest BCUT2D eigenvalue weighted by Crippen LogP contribution is 2.15. The van der Waals surface area contributed by atoms with Crippen LogP contribution in [0.15, 0.2) is 12.4 Å². The fraction of sp³-hybridized carbons (Fsp3) is 0.750. The number of piperidine rings is 1. The van der Waals surface area contributed by atoms with Crippen molar-refractivity contribution in [1.29, 1.82) is 0 Å². The molecule has 1 aromatic rings. The van der Waals surface area contributed by atoms with Gasteiger partial charge in [-0.25, -0.2) is 4.98 Å². The molecular weight excluding hydrogens is 186 g/mol. The Morgan fingerprint density at radius 3 is 3.00 bits per heavy atom. The van der Waals surface area contributed by atoms with Gasteiger partial charge in [-0.05, 0) is 38.3 Å². The van der Waals surface area contributed by atoms with Crippen LogP contribution in [0.25, 0.3) is 0 Å². The molecular formula is C12H21N3. The molecule has 3 heteroatoms. The van der Waals surface area contributed by atoms with Crippen molar-refractivity contribution < 1.29 is 0 Å². The third kappa shape index (κ3) is 2.81. The Hall–Kier alpha value is -0.830. The van der Waals surface area contributed by atoms with Crippen molar-refractivity contribution in [3.63, 3.8) is 0 Å². The van der Waals surface area contributed by atoms with Gasteiger partial charge in [0.05, 0.1) is 0 Å². The second kappa shape index (κ2) is 5.31. The monoisotopic (exact) mass is 207 g/mol. The summed E-state index contributed by atoms with van der Waals surface area (Å²) in [5, 5.41) is 3.41. The maximum absolute atomic E-state index is 4.42. The van der Waals surface area contributed by atoms with Crippen LogP contribution in [0.5, 0.6) is 0 Å². The first-order valence-electron chi connectivity index (χ1n) is 6.11. The number of hydrogen-bond donors (Lipinski definition) is 1. The van der Waals surface area contributed by atoms with Crippen LogP contribution in [0.3, 0.4) is 0 Å². The van der Waals surface area contributed by atoms with Crippen molar-refractivity contribution in [3.05, 3.63) is 18.2 Å². The summed E-state index contributed by atoms with van der Waals surface area (Å²) in [6, 6.07) is 0. The first-order chi connectivity index (χ1) is 7.40. The van der Waals surface area contributed by atoms with E-state index in [2.05, 4.69) is 28.0 Å². The Balaban J connectivity index is 1.93. The molecule has 0 spiro atoms. The van der Waals surface area contributed by atoms with Gasteiger partial charge < -0.3 is 9.88 Å². The van der Waals surface area contributed by atoms with Gasteiger partial charge in [-0.2, -0.15) is 0 Å². The van der Waals surface area contributed by atoms with Crippen molar-refractivity contribution in [1.82, 2.24) is 14.9 Å². The van der Waals surface area contributed by atoms with Gasteiger partial charge in [0, 0.05) is 25.4 Å². The molecule has 15 heavy (non-hydrogen) atoms. The molecule has 1 saturated heterocycles. The Bertz CT molecular complexity index is 287. The molecule has 3 nitrogen and oxygen atoms in total. The highest BCUT2D eigenvalue weighted by Gasteiger charge is 2.14. The summed E-state index contributed by atoms with van der Waals surface area (Å²) >= 11 is 0. The predicted octanol–water partition coefficient (Wildman–Crippen LogP) is 1.84. The van der Waals surface area contributed by atoms with Gasteiger partial charge in [0.1, 0.15) is 5.82 Å². The first-order valence-corrected chi connectivity index (χ1v) is 6.11. The number of aryl methyl sites for hydroxylation is 1. The van der Waals surface area contributed by atoms with Crippen molar-refractivity contribution in [2.75, 3.05) is 13.1 Å². The first kappa shape index (κ1) is 10.7. The van der Waals surface area contributed by atoms with E-state index in [4.69, 9.17) is 0 Å². The van der Waals surface area contributed by atoms with E-state index in [0.29, 0.717) is 0 Å². The number of nitrogens with zero attached hydrogens (tertiary/aromatic N) is 2. The van der Waals surface area contributed by atoms with E-state index in [0.717, 1.165) is 18.9 Å². The Morgan fingerprint density at radius 2 is 2.27 bits per heavy atom. The van der Waals surface area contributed by atoms with Gasteiger partial charge in [0.25, 0.3) is 0 Å². The minimum absolute atomic E-state index is 0.844. The molecule has 0 amide bonds. The number of hydrogen-bond acceptors (Lipinski definition) is 2. The van der Waals surface area contributed by atoms with E-state index in [1.165, 1.54) is 38.2 Å². The summed E-state index contributed by atoms with van der Waals surface area (Å²) < 4.78 is 2.35. The molecule has 1 aliphatic heterocycles. The van der Waals surface area contributed by atoms with E-state index < -0.39 is 0 Å². The third-order valence-electron chi connectivity index (χ3n) is 3.19. The lowest BCUT2D eigenvalue weighted by Crippen LogP contribution is -2.30. The molecule has 2 heterocycles. The van der Waals surface area contributed by atoms with E-state index in [1.54, 1.807) is 0 Å². The molecule has 0 radical (unpaired) electrons. The molecule has 1 aromatic heterocycles. The van der Waals surface area contributed by atoms with Gasteiger partial charge in [-0.15, -0.1) is 0 Å². The van der Waals surface area contributed by atoms with Crippen molar-refractivity contribution >= 4 is 0 Å². The smallest absolute Gasteiger partial charge is 0.108 e. The summed E-state index contributed by atoms with van der Waals surface area (Å²) in [4.78, 5) is 4.42. The van der Waals surface area contributed by atoms with Crippen LogP contribution < -0.4 is 5.32 Å². The van der Waals surface area contributed by atoms with Gasteiger partial charge in [0.15, 0.2) is 0 Å². The number of aromatic nitrogens is 2. The van der Waals surface area contributed by atoms with Crippen LogP contribution in [-0.2, 0) is 13.0 Å². The Kier molecular flexibility index (Phi) is 3.78. The van der Waals surface area contributed by atoms with Crippen molar-refractivity contribution in [2.24, 2.45) is 5.92 Å². The highest BCUT2D eigenvalue weighted by atomic mass is 15.1. The summed E-state index contributed by atoms with van der Waals surface area (Å²) in [6.07, 6.45) is 8.98. The molecule has 84 valence electrons. The fourth-order valence-electron chi connectivity index (χ4n) is 2.30. The summed E-state index contributed by atoms with van der Waals surface area (Å²) in [6.45, 7) is 5.74.